The van der Waals surface area contributed by atoms with E-state index in [0.717, 1.165) is 28.5 Å². The lowest BCUT2D eigenvalue weighted by molar-refractivity contribution is 0.883. The van der Waals surface area contributed by atoms with Gasteiger partial charge in [-0.05, 0) is 54.3 Å². The van der Waals surface area contributed by atoms with E-state index >= 15 is 0 Å². The third-order valence-corrected chi connectivity index (χ3v) is 4.15. The second-order valence-electron chi connectivity index (χ2n) is 4.39. The van der Waals surface area contributed by atoms with Crippen LogP contribution in [0.5, 0.6) is 0 Å². The Morgan fingerprint density at radius 3 is 3.00 bits per heavy atom. The molecule has 0 atom stereocenters. The van der Waals surface area contributed by atoms with Gasteiger partial charge in [0.05, 0.1) is 0 Å². The van der Waals surface area contributed by atoms with Crippen LogP contribution in [0.4, 0.5) is 0 Å². The van der Waals surface area contributed by atoms with E-state index in [1.807, 2.05) is 18.2 Å². The highest BCUT2D eigenvalue weighted by Crippen LogP contribution is 2.31. The van der Waals surface area contributed by atoms with Crippen LogP contribution in [0.15, 0.2) is 40.5 Å². The molecule has 1 aliphatic rings. The van der Waals surface area contributed by atoms with Crippen molar-refractivity contribution in [3.05, 3.63) is 47.3 Å². The summed E-state index contributed by atoms with van der Waals surface area (Å²) in [5, 5.41) is 1.98. The molecule has 2 heterocycles. The van der Waals surface area contributed by atoms with Crippen molar-refractivity contribution < 1.29 is 0 Å². The number of aryl methyl sites for hydroxylation is 2. The summed E-state index contributed by atoms with van der Waals surface area (Å²) in [5.41, 5.74) is 9.57. The molecule has 0 fully saturated rings. The Balaban J connectivity index is 1.96. The van der Waals surface area contributed by atoms with Gasteiger partial charge in [-0.3, -0.25) is 0 Å². The van der Waals surface area contributed by atoms with E-state index in [-0.39, 0.29) is 0 Å². The van der Waals surface area contributed by atoms with E-state index < -0.39 is 0 Å². The number of nitrogens with two attached hydrogens (primary N) is 1. The van der Waals surface area contributed by atoms with Crippen LogP contribution in [-0.2, 0) is 19.4 Å². The summed E-state index contributed by atoms with van der Waals surface area (Å²) in [4.78, 5) is 9.09. The summed E-state index contributed by atoms with van der Waals surface area (Å²) in [6, 6.07) is 8.13. The minimum absolute atomic E-state index is 0.537. The van der Waals surface area contributed by atoms with Crippen LogP contribution in [0.25, 0.3) is 0 Å². The summed E-state index contributed by atoms with van der Waals surface area (Å²) in [7, 11) is 0. The highest BCUT2D eigenvalue weighted by atomic mass is 32.2. The second kappa shape index (κ2) is 5.08. The third kappa shape index (κ3) is 2.26. The molecule has 3 rings (SSSR count). The lowest BCUT2D eigenvalue weighted by Crippen LogP contribution is -2.03. The maximum atomic E-state index is 5.82. The van der Waals surface area contributed by atoms with Crippen LogP contribution in [-0.4, -0.2) is 9.97 Å². The summed E-state index contributed by atoms with van der Waals surface area (Å²) in [6.07, 6.45) is 5.25. The summed E-state index contributed by atoms with van der Waals surface area (Å²) in [5.74, 6) is 0. The quantitative estimate of drug-likeness (QED) is 0.918. The van der Waals surface area contributed by atoms with Crippen molar-refractivity contribution in [2.75, 3.05) is 0 Å². The van der Waals surface area contributed by atoms with E-state index in [1.54, 1.807) is 18.0 Å². The fraction of sp³-hybridized carbons (Fsp3) is 0.286. The van der Waals surface area contributed by atoms with Crippen LogP contribution in [0.3, 0.4) is 0 Å². The van der Waals surface area contributed by atoms with Crippen LogP contribution in [0, 0.1) is 0 Å². The van der Waals surface area contributed by atoms with Crippen molar-refractivity contribution in [1.82, 2.24) is 9.97 Å². The number of nitrogens with zero attached hydrogens (tertiary/aromatic N) is 2. The van der Waals surface area contributed by atoms with E-state index in [4.69, 9.17) is 10.7 Å². The summed E-state index contributed by atoms with van der Waals surface area (Å²) >= 11 is 1.60. The van der Waals surface area contributed by atoms with Gasteiger partial charge in [0, 0.05) is 18.4 Å². The molecule has 2 aromatic rings. The van der Waals surface area contributed by atoms with E-state index in [1.165, 1.54) is 17.7 Å². The topological polar surface area (TPSA) is 51.8 Å². The summed E-state index contributed by atoms with van der Waals surface area (Å²) in [6.45, 7) is 0.537. The van der Waals surface area contributed by atoms with Gasteiger partial charge >= 0.3 is 0 Å². The van der Waals surface area contributed by atoms with Gasteiger partial charge in [0.1, 0.15) is 10.1 Å². The Labute approximate surface area is 111 Å². The van der Waals surface area contributed by atoms with E-state index in [2.05, 4.69) is 11.1 Å². The fourth-order valence-corrected chi connectivity index (χ4v) is 3.13. The molecule has 3 nitrogen and oxygen atoms in total. The Hall–Kier alpha value is -1.39. The Morgan fingerprint density at radius 1 is 1.28 bits per heavy atom. The van der Waals surface area contributed by atoms with Crippen molar-refractivity contribution in [2.24, 2.45) is 5.73 Å². The van der Waals surface area contributed by atoms with Gasteiger partial charge in [0.25, 0.3) is 0 Å². The number of hydrogen-bond acceptors (Lipinski definition) is 4. The molecule has 0 bridgehead atoms. The first-order valence-electron chi connectivity index (χ1n) is 6.17. The predicted octanol–water partition coefficient (Wildman–Crippen LogP) is 2.58. The van der Waals surface area contributed by atoms with E-state index in [9.17, 15) is 0 Å². The van der Waals surface area contributed by atoms with Gasteiger partial charge in [-0.15, -0.1) is 0 Å². The van der Waals surface area contributed by atoms with Crippen molar-refractivity contribution in [3.8, 4) is 0 Å². The van der Waals surface area contributed by atoms with Gasteiger partial charge < -0.3 is 5.73 Å². The molecule has 18 heavy (non-hydrogen) atoms. The molecule has 0 amide bonds. The zero-order chi connectivity index (χ0) is 12.4. The number of fused-ring (bicyclic) bond motifs is 1. The third-order valence-electron chi connectivity index (χ3n) is 3.15. The van der Waals surface area contributed by atoms with Crippen LogP contribution >= 0.6 is 11.8 Å². The largest absolute Gasteiger partial charge is 0.326 e. The first-order chi connectivity index (χ1) is 8.86. The van der Waals surface area contributed by atoms with Gasteiger partial charge in [-0.2, -0.15) is 0 Å². The molecule has 92 valence electrons. The van der Waals surface area contributed by atoms with Crippen molar-refractivity contribution in [1.29, 1.82) is 0 Å². The maximum Gasteiger partial charge on any atom is 0.107 e. The maximum absolute atomic E-state index is 5.82. The fourth-order valence-electron chi connectivity index (χ4n) is 2.24. The van der Waals surface area contributed by atoms with Crippen LogP contribution in [0.2, 0.25) is 0 Å². The normalized spacial score (nSPS) is 13.6. The molecular weight excluding hydrogens is 242 g/mol. The van der Waals surface area contributed by atoms with E-state index in [0.29, 0.717) is 6.54 Å². The highest BCUT2D eigenvalue weighted by molar-refractivity contribution is 7.99. The second-order valence-corrected chi connectivity index (χ2v) is 5.40. The van der Waals surface area contributed by atoms with Gasteiger partial charge in [0.15, 0.2) is 0 Å². The first-order valence-corrected chi connectivity index (χ1v) is 6.99. The Bertz CT molecular complexity index is 554. The van der Waals surface area contributed by atoms with Gasteiger partial charge in [-0.1, -0.05) is 12.1 Å². The summed E-state index contributed by atoms with van der Waals surface area (Å²) < 4.78 is 0. The average Bonchev–Trinajstić information content (AvgIpc) is 2.86. The van der Waals surface area contributed by atoms with Gasteiger partial charge in [0.2, 0.25) is 0 Å². The molecule has 0 aromatic carbocycles. The molecule has 2 aromatic heterocycles. The lowest BCUT2D eigenvalue weighted by Gasteiger charge is -2.09. The van der Waals surface area contributed by atoms with Crippen LogP contribution < -0.4 is 5.73 Å². The molecule has 2 N–H and O–H groups in total. The number of aromatic nitrogens is 2. The SMILES string of the molecule is NCc1cc2c(nc1Sc1ccccn1)CCC2. The zero-order valence-electron chi connectivity index (χ0n) is 10.1. The molecule has 0 spiro atoms. The zero-order valence-corrected chi connectivity index (χ0v) is 10.9. The molecule has 0 saturated heterocycles. The van der Waals surface area contributed by atoms with Crippen molar-refractivity contribution in [3.63, 3.8) is 0 Å². The van der Waals surface area contributed by atoms with Gasteiger partial charge in [-0.25, -0.2) is 9.97 Å². The smallest absolute Gasteiger partial charge is 0.107 e. The molecule has 4 heteroatoms. The molecule has 1 aliphatic carbocycles. The first kappa shape index (κ1) is 11.7. The van der Waals surface area contributed by atoms with Crippen molar-refractivity contribution >= 4 is 11.8 Å². The minimum Gasteiger partial charge on any atom is -0.326 e. The Morgan fingerprint density at radius 2 is 2.22 bits per heavy atom. The average molecular weight is 257 g/mol. The Kier molecular flexibility index (Phi) is 3.30. The monoisotopic (exact) mass is 257 g/mol. The molecule has 0 saturated carbocycles. The number of hydrogen-bond donors (Lipinski definition) is 1. The standard InChI is InChI=1S/C14H15N3S/c15-9-11-8-10-4-3-5-12(10)17-14(11)18-13-6-1-2-7-16-13/h1-2,6-8H,3-5,9,15H2. The molecule has 0 radical (unpaired) electrons. The van der Waals surface area contributed by atoms with Crippen LogP contribution in [0.1, 0.15) is 23.2 Å². The van der Waals surface area contributed by atoms with Crippen molar-refractivity contribution in [2.45, 2.75) is 35.9 Å². The predicted molar refractivity (Wildman–Crippen MR) is 72.5 cm³/mol. The highest BCUT2D eigenvalue weighted by Gasteiger charge is 2.16. The number of pyridine rings is 2. The number of rotatable bonds is 3. The molecular formula is C14H15N3S. The minimum atomic E-state index is 0.537. The molecule has 0 aliphatic heterocycles. The lowest BCUT2D eigenvalue weighted by atomic mass is 10.1. The molecule has 0 unspecified atom stereocenters.